The number of benzene rings is 9. The van der Waals surface area contributed by atoms with Crippen LogP contribution in [0.2, 0.25) is 0 Å². The van der Waals surface area contributed by atoms with Gasteiger partial charge in [-0.3, -0.25) is 0 Å². The highest BCUT2D eigenvalue weighted by Gasteiger charge is 2.16. The largest absolute Gasteiger partial charge is 0.248 e. The Morgan fingerprint density at radius 2 is 0.394 bits per heavy atom. The topological polar surface area (TPSA) is 38.7 Å². The van der Waals surface area contributed by atoms with Crippen LogP contribution in [-0.2, 0) is 0 Å². The van der Waals surface area contributed by atoms with Crippen LogP contribution in [0.15, 0.2) is 261 Å². The van der Waals surface area contributed by atoms with Crippen LogP contribution in [0.3, 0.4) is 0 Å². The zero-order valence-corrected chi connectivity index (χ0v) is 36.2. The number of pyridine rings is 1. The van der Waals surface area contributed by atoms with E-state index in [1.807, 2.05) is 30.3 Å². The van der Waals surface area contributed by atoms with Gasteiger partial charge in [0.2, 0.25) is 0 Å². The van der Waals surface area contributed by atoms with Crippen LogP contribution in [0.25, 0.3) is 112 Å². The van der Waals surface area contributed by atoms with Crippen molar-refractivity contribution in [3.05, 3.63) is 261 Å². The maximum absolute atomic E-state index is 5.33. The van der Waals surface area contributed by atoms with Gasteiger partial charge in [-0.05, 0) is 110 Å². The predicted molar refractivity (Wildman–Crippen MR) is 274 cm³/mol. The Morgan fingerprint density at radius 1 is 0.152 bits per heavy atom. The summed E-state index contributed by atoms with van der Waals surface area (Å²) in [7, 11) is 0. The molecule has 0 amide bonds. The average molecular weight is 842 g/mol. The number of rotatable bonds is 10. The van der Waals surface area contributed by atoms with Gasteiger partial charge in [-0.25, -0.2) is 15.0 Å². The Balaban J connectivity index is 1.03. The first-order chi connectivity index (χ1) is 32.7. The van der Waals surface area contributed by atoms with Crippen molar-refractivity contribution in [3.8, 4) is 112 Å². The molecular weight excluding hydrogens is 799 g/mol. The van der Waals surface area contributed by atoms with E-state index < -0.39 is 0 Å². The number of nitrogens with zero attached hydrogens (tertiary/aromatic N) is 3. The van der Waals surface area contributed by atoms with Crippen molar-refractivity contribution in [1.82, 2.24) is 15.0 Å². The van der Waals surface area contributed by atoms with E-state index in [2.05, 4.69) is 231 Å². The summed E-state index contributed by atoms with van der Waals surface area (Å²) in [6.07, 6.45) is 0. The summed E-state index contributed by atoms with van der Waals surface area (Å²) >= 11 is 0. The lowest BCUT2D eigenvalue weighted by Crippen LogP contribution is -1.96. The summed E-state index contributed by atoms with van der Waals surface area (Å²) in [4.78, 5) is 15.6. The molecule has 66 heavy (non-hydrogen) atoms. The van der Waals surface area contributed by atoms with Crippen LogP contribution in [0.5, 0.6) is 0 Å². The van der Waals surface area contributed by atoms with Gasteiger partial charge in [-0.2, -0.15) is 0 Å². The highest BCUT2D eigenvalue weighted by Crippen LogP contribution is 2.38. The Morgan fingerprint density at radius 3 is 0.758 bits per heavy atom. The molecule has 0 aliphatic carbocycles. The normalized spacial score (nSPS) is 11.0. The molecule has 0 N–H and O–H groups in total. The molecule has 0 saturated carbocycles. The second kappa shape index (κ2) is 18.1. The second-order valence-electron chi connectivity index (χ2n) is 16.5. The molecule has 0 unspecified atom stereocenters. The lowest BCUT2D eigenvalue weighted by Gasteiger charge is -2.15. The molecule has 3 heteroatoms. The van der Waals surface area contributed by atoms with Gasteiger partial charge in [0, 0.05) is 27.8 Å². The molecule has 2 heterocycles. The SMILES string of the molecule is c1ccc(-c2cc(-c3ccc(-c4cc(-c5ccccc5)cc(-c5cc(-c6ccccc6)nc(-c6ccccc6)n5)c4)cc3)cc(-c3cc(-c4ccccc4)cc(-c4ccccc4)n3)c2)cc1. The van der Waals surface area contributed by atoms with Crippen molar-refractivity contribution in [1.29, 1.82) is 0 Å². The molecular formula is C63H43N3. The van der Waals surface area contributed by atoms with Crippen LogP contribution in [-0.4, -0.2) is 15.0 Å². The standard InChI is InChI=1S/C63H43N3/c1-7-19-44(20-8-1)52-35-54(39-57(37-52)60-42-56(46-23-11-3-12-24-46)41-59(64-60)49-25-13-4-14-26-49)47-31-33-48(34-32-47)55-36-53(45-21-9-2-10-22-45)38-58(40-55)62-43-61(50-27-15-5-16-28-50)65-63(66-62)51-29-17-6-18-30-51/h1-43H. The first-order valence-electron chi connectivity index (χ1n) is 22.3. The van der Waals surface area contributed by atoms with Crippen LogP contribution >= 0.6 is 0 Å². The lowest BCUT2D eigenvalue weighted by atomic mass is 9.91. The molecule has 310 valence electrons. The lowest BCUT2D eigenvalue weighted by molar-refractivity contribution is 1.18. The van der Waals surface area contributed by atoms with Crippen LogP contribution in [0.4, 0.5) is 0 Å². The molecule has 3 nitrogen and oxygen atoms in total. The molecule has 0 atom stereocenters. The van der Waals surface area contributed by atoms with E-state index in [0.29, 0.717) is 5.82 Å². The quantitative estimate of drug-likeness (QED) is 0.138. The summed E-state index contributed by atoms with van der Waals surface area (Å²) < 4.78 is 0. The number of hydrogen-bond acceptors (Lipinski definition) is 3. The van der Waals surface area contributed by atoms with Crippen molar-refractivity contribution >= 4 is 0 Å². The van der Waals surface area contributed by atoms with E-state index >= 15 is 0 Å². The van der Waals surface area contributed by atoms with E-state index in [9.17, 15) is 0 Å². The van der Waals surface area contributed by atoms with Gasteiger partial charge >= 0.3 is 0 Å². The Bertz CT molecular complexity index is 3060. The van der Waals surface area contributed by atoms with Gasteiger partial charge in [0.05, 0.1) is 22.8 Å². The van der Waals surface area contributed by atoms with E-state index in [1.54, 1.807) is 0 Å². The fourth-order valence-electron chi connectivity index (χ4n) is 8.63. The molecule has 0 bridgehead atoms. The molecule has 11 aromatic rings. The number of aromatic nitrogens is 3. The average Bonchev–Trinajstić information content (AvgIpc) is 3.42. The molecule has 0 spiro atoms. The summed E-state index contributed by atoms with van der Waals surface area (Å²) in [6.45, 7) is 0. The van der Waals surface area contributed by atoms with Crippen molar-refractivity contribution in [2.24, 2.45) is 0 Å². The maximum atomic E-state index is 5.33. The maximum Gasteiger partial charge on any atom is 0.160 e. The summed E-state index contributed by atoms with van der Waals surface area (Å²) in [6, 6.07) is 92.0. The zero-order chi connectivity index (χ0) is 44.1. The van der Waals surface area contributed by atoms with E-state index in [0.717, 1.165) is 106 Å². The van der Waals surface area contributed by atoms with Crippen molar-refractivity contribution in [2.45, 2.75) is 0 Å². The van der Waals surface area contributed by atoms with Crippen molar-refractivity contribution < 1.29 is 0 Å². The van der Waals surface area contributed by atoms with Crippen LogP contribution < -0.4 is 0 Å². The predicted octanol–water partition coefficient (Wildman–Crippen LogP) is 16.5. The van der Waals surface area contributed by atoms with Gasteiger partial charge in [0.15, 0.2) is 5.82 Å². The van der Waals surface area contributed by atoms with Crippen LogP contribution in [0, 0.1) is 0 Å². The van der Waals surface area contributed by atoms with Crippen LogP contribution in [0.1, 0.15) is 0 Å². The molecule has 0 aliphatic rings. The Kier molecular flexibility index (Phi) is 11.0. The Labute approximate surface area is 386 Å². The Hall–Kier alpha value is -8.79. The van der Waals surface area contributed by atoms with E-state index in [4.69, 9.17) is 15.0 Å². The van der Waals surface area contributed by atoms with Gasteiger partial charge in [-0.15, -0.1) is 0 Å². The fourth-order valence-corrected chi connectivity index (χ4v) is 8.63. The zero-order valence-electron chi connectivity index (χ0n) is 36.2. The van der Waals surface area contributed by atoms with E-state index in [1.165, 1.54) is 0 Å². The van der Waals surface area contributed by atoms with Gasteiger partial charge in [0.1, 0.15) is 0 Å². The highest BCUT2D eigenvalue weighted by atomic mass is 14.9. The fraction of sp³-hybridized carbons (Fsp3) is 0. The molecule has 9 aromatic carbocycles. The highest BCUT2D eigenvalue weighted by molar-refractivity contribution is 5.86. The van der Waals surface area contributed by atoms with Crippen molar-refractivity contribution in [2.75, 3.05) is 0 Å². The molecule has 11 rings (SSSR count). The van der Waals surface area contributed by atoms with Crippen molar-refractivity contribution in [3.63, 3.8) is 0 Å². The minimum absolute atomic E-state index is 0.693. The summed E-state index contributed by atoms with van der Waals surface area (Å²) in [5.41, 5.74) is 20.1. The summed E-state index contributed by atoms with van der Waals surface area (Å²) in [5, 5.41) is 0. The third kappa shape index (κ3) is 8.62. The third-order valence-corrected chi connectivity index (χ3v) is 12.1. The minimum atomic E-state index is 0.693. The molecule has 0 radical (unpaired) electrons. The van der Waals surface area contributed by atoms with Gasteiger partial charge < -0.3 is 0 Å². The minimum Gasteiger partial charge on any atom is -0.248 e. The first kappa shape index (κ1) is 40.0. The van der Waals surface area contributed by atoms with Gasteiger partial charge in [-0.1, -0.05) is 206 Å². The first-order valence-corrected chi connectivity index (χ1v) is 22.3. The number of hydrogen-bond donors (Lipinski definition) is 0. The van der Waals surface area contributed by atoms with E-state index in [-0.39, 0.29) is 0 Å². The molecule has 0 aliphatic heterocycles. The van der Waals surface area contributed by atoms with Gasteiger partial charge in [0.25, 0.3) is 0 Å². The molecule has 0 saturated heterocycles. The third-order valence-electron chi connectivity index (χ3n) is 12.1. The summed E-state index contributed by atoms with van der Waals surface area (Å²) in [5.74, 6) is 0.693. The monoisotopic (exact) mass is 841 g/mol. The molecule has 2 aromatic heterocycles. The second-order valence-corrected chi connectivity index (χ2v) is 16.5. The molecule has 0 fully saturated rings. The smallest absolute Gasteiger partial charge is 0.160 e.